The van der Waals surface area contributed by atoms with Crippen LogP contribution in [0.15, 0.2) is 53.5 Å². The van der Waals surface area contributed by atoms with Crippen LogP contribution in [0.3, 0.4) is 0 Å². The lowest BCUT2D eigenvalue weighted by atomic mass is 10.1. The molecule has 4 nitrogen and oxygen atoms in total. The highest BCUT2D eigenvalue weighted by Crippen LogP contribution is 2.09. The van der Waals surface area contributed by atoms with Crippen molar-refractivity contribution in [3.05, 3.63) is 70.8 Å². The molecule has 0 amide bonds. The number of nitrogens with one attached hydrogen (secondary N) is 2. The van der Waals surface area contributed by atoms with E-state index in [2.05, 4.69) is 54.6 Å². The van der Waals surface area contributed by atoms with E-state index in [1.807, 2.05) is 30.3 Å². The highest BCUT2D eigenvalue weighted by Gasteiger charge is 2.03. The van der Waals surface area contributed by atoms with Crippen molar-refractivity contribution >= 4 is 40.7 Å². The first-order chi connectivity index (χ1) is 13.1. The number of halogens is 1. The lowest BCUT2D eigenvalue weighted by molar-refractivity contribution is 0.682. The Balaban J connectivity index is 0.00000392. The second kappa shape index (κ2) is 13.7. The standard InChI is InChI=1S/C22H31N3OS.HI/c1-4-23-22(24-11-10-21-15-18(2)14-19(3)16-21)25-12-13-27(26)17-20-8-6-5-7-9-20;/h5-9,14-16H,4,10-13,17H2,1-3H3,(H2,23,24,25);1H. The third kappa shape index (κ3) is 9.68. The lowest BCUT2D eigenvalue weighted by Crippen LogP contribution is -2.38. The molecular formula is C22H32IN3OS. The van der Waals surface area contributed by atoms with E-state index in [1.54, 1.807) is 0 Å². The smallest absolute Gasteiger partial charge is 0.191 e. The highest BCUT2D eigenvalue weighted by atomic mass is 127. The van der Waals surface area contributed by atoms with Crippen molar-refractivity contribution in [1.82, 2.24) is 10.6 Å². The van der Waals surface area contributed by atoms with E-state index in [0.717, 1.165) is 31.0 Å². The zero-order chi connectivity index (χ0) is 19.5. The van der Waals surface area contributed by atoms with Crippen LogP contribution in [0.2, 0.25) is 0 Å². The predicted molar refractivity (Wildman–Crippen MR) is 132 cm³/mol. The Hall–Kier alpha value is -1.41. The van der Waals surface area contributed by atoms with Gasteiger partial charge in [0.1, 0.15) is 0 Å². The van der Waals surface area contributed by atoms with E-state index >= 15 is 0 Å². The van der Waals surface area contributed by atoms with Crippen LogP contribution in [0.4, 0.5) is 0 Å². The maximum atomic E-state index is 12.2. The fourth-order valence-corrected chi connectivity index (χ4v) is 3.98. The molecule has 0 aliphatic rings. The van der Waals surface area contributed by atoms with Crippen molar-refractivity contribution in [3.8, 4) is 0 Å². The fraction of sp³-hybridized carbons (Fsp3) is 0.409. The van der Waals surface area contributed by atoms with Crippen molar-refractivity contribution < 1.29 is 4.21 Å². The molecule has 2 aromatic rings. The minimum atomic E-state index is -0.895. The summed E-state index contributed by atoms with van der Waals surface area (Å²) in [6, 6.07) is 16.6. The molecule has 154 valence electrons. The largest absolute Gasteiger partial charge is 0.357 e. The minimum Gasteiger partial charge on any atom is -0.357 e. The zero-order valence-corrected chi connectivity index (χ0v) is 20.2. The Kier molecular flexibility index (Phi) is 12.1. The molecule has 0 radical (unpaired) electrons. The van der Waals surface area contributed by atoms with Gasteiger partial charge in [-0.25, -0.2) is 0 Å². The maximum Gasteiger partial charge on any atom is 0.191 e. The monoisotopic (exact) mass is 513 g/mol. The minimum absolute atomic E-state index is 0. The van der Waals surface area contributed by atoms with Crippen LogP contribution < -0.4 is 10.6 Å². The fourth-order valence-electron chi connectivity index (χ4n) is 2.97. The van der Waals surface area contributed by atoms with E-state index in [4.69, 9.17) is 0 Å². The Morgan fingerprint density at radius 3 is 2.32 bits per heavy atom. The van der Waals surface area contributed by atoms with Gasteiger partial charge in [0.15, 0.2) is 5.96 Å². The average Bonchev–Trinajstić information content (AvgIpc) is 2.62. The number of hydrogen-bond donors (Lipinski definition) is 2. The molecule has 2 N–H and O–H groups in total. The van der Waals surface area contributed by atoms with Crippen LogP contribution in [0.5, 0.6) is 0 Å². The first kappa shape index (κ1) is 24.6. The van der Waals surface area contributed by atoms with Crippen molar-refractivity contribution in [2.24, 2.45) is 4.99 Å². The summed E-state index contributed by atoms with van der Waals surface area (Å²) < 4.78 is 12.2. The van der Waals surface area contributed by atoms with E-state index in [1.165, 1.54) is 16.7 Å². The maximum absolute atomic E-state index is 12.2. The van der Waals surface area contributed by atoms with Gasteiger partial charge in [-0.1, -0.05) is 59.7 Å². The van der Waals surface area contributed by atoms with Crippen molar-refractivity contribution in [2.45, 2.75) is 32.9 Å². The van der Waals surface area contributed by atoms with Crippen LogP contribution in [0.25, 0.3) is 0 Å². The van der Waals surface area contributed by atoms with E-state index in [0.29, 0.717) is 18.1 Å². The van der Waals surface area contributed by atoms with Crippen molar-refractivity contribution in [1.29, 1.82) is 0 Å². The van der Waals surface area contributed by atoms with Gasteiger partial charge in [0.2, 0.25) is 0 Å². The summed E-state index contributed by atoms with van der Waals surface area (Å²) in [5.41, 5.74) is 5.04. The normalized spacial score (nSPS) is 12.2. The molecule has 0 fully saturated rings. The number of hydrogen-bond acceptors (Lipinski definition) is 2. The summed E-state index contributed by atoms with van der Waals surface area (Å²) in [4.78, 5) is 4.56. The van der Waals surface area contributed by atoms with Gasteiger partial charge in [-0.05, 0) is 38.3 Å². The predicted octanol–water partition coefficient (Wildman–Crippen LogP) is 3.97. The molecule has 28 heavy (non-hydrogen) atoms. The Labute approximate surface area is 189 Å². The quantitative estimate of drug-likeness (QED) is 0.303. The Morgan fingerprint density at radius 2 is 1.68 bits per heavy atom. The number of rotatable bonds is 9. The van der Waals surface area contributed by atoms with Gasteiger partial charge in [0.25, 0.3) is 0 Å². The molecule has 0 spiro atoms. The highest BCUT2D eigenvalue weighted by molar-refractivity contribution is 14.0. The van der Waals surface area contributed by atoms with Gasteiger partial charge in [-0.3, -0.25) is 9.20 Å². The van der Waals surface area contributed by atoms with Crippen LogP contribution in [-0.2, 0) is 23.0 Å². The zero-order valence-electron chi connectivity index (χ0n) is 17.0. The molecule has 0 aliphatic carbocycles. The SMILES string of the molecule is CCNC(=NCCS(=O)Cc1ccccc1)NCCc1cc(C)cc(C)c1.I. The second-order valence-corrected chi connectivity index (χ2v) is 8.28. The third-order valence-electron chi connectivity index (χ3n) is 4.09. The van der Waals surface area contributed by atoms with E-state index in [-0.39, 0.29) is 24.0 Å². The molecule has 1 atom stereocenters. The van der Waals surface area contributed by atoms with Gasteiger partial charge in [0.05, 0.1) is 6.54 Å². The first-order valence-electron chi connectivity index (χ1n) is 9.55. The topological polar surface area (TPSA) is 53.5 Å². The van der Waals surface area contributed by atoms with Crippen LogP contribution in [-0.4, -0.2) is 35.6 Å². The molecule has 2 aromatic carbocycles. The van der Waals surface area contributed by atoms with Gasteiger partial charge >= 0.3 is 0 Å². The second-order valence-electron chi connectivity index (χ2n) is 6.71. The molecule has 2 rings (SSSR count). The Morgan fingerprint density at radius 1 is 1.00 bits per heavy atom. The van der Waals surface area contributed by atoms with Crippen LogP contribution in [0, 0.1) is 13.8 Å². The molecule has 0 heterocycles. The summed E-state index contributed by atoms with van der Waals surface area (Å²) >= 11 is 0. The molecule has 0 bridgehead atoms. The average molecular weight is 513 g/mol. The molecular weight excluding hydrogens is 481 g/mol. The van der Waals surface area contributed by atoms with Gasteiger partial charge < -0.3 is 10.6 Å². The summed E-state index contributed by atoms with van der Waals surface area (Å²) in [6.07, 6.45) is 0.951. The van der Waals surface area contributed by atoms with Crippen molar-refractivity contribution in [2.75, 3.05) is 25.4 Å². The molecule has 1 unspecified atom stereocenters. The molecule has 0 saturated heterocycles. The van der Waals surface area contributed by atoms with E-state index < -0.39 is 10.8 Å². The first-order valence-corrected chi connectivity index (χ1v) is 11.0. The molecule has 0 saturated carbocycles. The number of aryl methyl sites for hydroxylation is 2. The number of guanidine groups is 1. The summed E-state index contributed by atoms with van der Waals surface area (Å²) in [6.45, 7) is 8.49. The molecule has 6 heteroatoms. The van der Waals surface area contributed by atoms with E-state index in [9.17, 15) is 4.21 Å². The summed E-state index contributed by atoms with van der Waals surface area (Å²) in [5.74, 6) is 1.95. The summed E-state index contributed by atoms with van der Waals surface area (Å²) in [5, 5.41) is 6.63. The molecule has 0 aliphatic heterocycles. The lowest BCUT2D eigenvalue weighted by Gasteiger charge is -2.12. The number of benzene rings is 2. The van der Waals surface area contributed by atoms with Crippen LogP contribution in [0.1, 0.15) is 29.2 Å². The third-order valence-corrected chi connectivity index (χ3v) is 5.38. The van der Waals surface area contributed by atoms with Crippen molar-refractivity contribution in [3.63, 3.8) is 0 Å². The van der Waals surface area contributed by atoms with Crippen LogP contribution >= 0.6 is 24.0 Å². The molecule has 0 aromatic heterocycles. The Bertz CT molecular complexity index is 745. The summed E-state index contributed by atoms with van der Waals surface area (Å²) in [7, 11) is -0.895. The van der Waals surface area contributed by atoms with Gasteiger partial charge in [-0.15, -0.1) is 24.0 Å². The number of nitrogens with zero attached hydrogens (tertiary/aromatic N) is 1. The van der Waals surface area contributed by atoms with Gasteiger partial charge in [-0.2, -0.15) is 0 Å². The van der Waals surface area contributed by atoms with Gasteiger partial charge in [0, 0.05) is 35.4 Å². The number of aliphatic imine (C=N–C) groups is 1.